The molecular weight excluding hydrogens is 227 g/mol. The van der Waals surface area contributed by atoms with Crippen LogP contribution in [0, 0.1) is 11.3 Å². The van der Waals surface area contributed by atoms with E-state index in [0.717, 1.165) is 4.90 Å². The summed E-state index contributed by atoms with van der Waals surface area (Å²) in [7, 11) is 0. The number of primary amides is 1. The van der Waals surface area contributed by atoms with Gasteiger partial charge >= 0.3 is 0 Å². The molecule has 1 aliphatic heterocycles. The van der Waals surface area contributed by atoms with Crippen LogP contribution in [0.4, 0.5) is 4.39 Å². The number of nitriles is 1. The molecule has 1 saturated heterocycles. The molecule has 0 aliphatic carbocycles. The van der Waals surface area contributed by atoms with Gasteiger partial charge in [-0.1, -0.05) is 0 Å². The molecule has 0 bridgehead atoms. The van der Waals surface area contributed by atoms with Gasteiger partial charge in [-0.2, -0.15) is 5.26 Å². The maximum absolute atomic E-state index is 13.1. The van der Waals surface area contributed by atoms with Gasteiger partial charge in [-0.15, -0.1) is 0 Å². The minimum Gasteiger partial charge on any atom is -0.370 e. The zero-order valence-electron chi connectivity index (χ0n) is 9.30. The van der Waals surface area contributed by atoms with Crippen LogP contribution in [-0.4, -0.2) is 41.5 Å². The summed E-state index contributed by atoms with van der Waals surface area (Å²) < 4.78 is 13.1. The van der Waals surface area contributed by atoms with E-state index in [0.29, 0.717) is 0 Å². The summed E-state index contributed by atoms with van der Waals surface area (Å²) >= 11 is 0. The van der Waals surface area contributed by atoms with E-state index in [-0.39, 0.29) is 25.8 Å². The SMILES string of the molecule is N#C[C@@H]1C[C@@H](F)CN1C(=O)[C@@H](N)CCC(N)=O. The van der Waals surface area contributed by atoms with Crippen LogP contribution in [0.15, 0.2) is 0 Å². The fraction of sp³-hybridized carbons (Fsp3) is 0.700. The lowest BCUT2D eigenvalue weighted by atomic mass is 10.1. The summed E-state index contributed by atoms with van der Waals surface area (Å²) in [4.78, 5) is 23.5. The predicted octanol–water partition coefficient (Wildman–Crippen LogP) is -0.958. The Balaban J connectivity index is 2.57. The quantitative estimate of drug-likeness (QED) is 0.661. The molecule has 0 aromatic heterocycles. The number of nitrogens with zero attached hydrogens (tertiary/aromatic N) is 2. The lowest BCUT2D eigenvalue weighted by Crippen LogP contribution is -2.46. The highest BCUT2D eigenvalue weighted by atomic mass is 19.1. The molecule has 0 saturated carbocycles. The fourth-order valence-electron chi connectivity index (χ4n) is 1.78. The first-order valence-electron chi connectivity index (χ1n) is 5.33. The van der Waals surface area contributed by atoms with Gasteiger partial charge in [0.15, 0.2) is 0 Å². The third kappa shape index (κ3) is 3.39. The second kappa shape index (κ2) is 5.59. The molecule has 1 fully saturated rings. The lowest BCUT2D eigenvalue weighted by molar-refractivity contribution is -0.133. The van der Waals surface area contributed by atoms with E-state index in [1.165, 1.54) is 0 Å². The minimum atomic E-state index is -1.19. The van der Waals surface area contributed by atoms with Crippen LogP contribution >= 0.6 is 0 Å². The Morgan fingerprint density at radius 1 is 1.59 bits per heavy atom. The Kier molecular flexibility index (Phi) is 4.40. The van der Waals surface area contributed by atoms with Gasteiger partial charge in [-0.25, -0.2) is 4.39 Å². The maximum atomic E-state index is 13.1. The topological polar surface area (TPSA) is 113 Å². The van der Waals surface area contributed by atoms with Gasteiger partial charge in [0.05, 0.1) is 18.7 Å². The molecule has 1 rings (SSSR count). The van der Waals surface area contributed by atoms with Crippen LogP contribution < -0.4 is 11.5 Å². The number of likely N-dealkylation sites (tertiary alicyclic amines) is 1. The van der Waals surface area contributed by atoms with E-state index in [9.17, 15) is 14.0 Å². The summed E-state index contributed by atoms with van der Waals surface area (Å²) in [6, 6.07) is 0.183. The van der Waals surface area contributed by atoms with Gasteiger partial charge in [-0.05, 0) is 6.42 Å². The molecule has 4 N–H and O–H groups in total. The molecule has 0 aromatic rings. The summed E-state index contributed by atoms with van der Waals surface area (Å²) in [5.74, 6) is -1.05. The van der Waals surface area contributed by atoms with Gasteiger partial charge < -0.3 is 16.4 Å². The predicted molar refractivity (Wildman–Crippen MR) is 57.0 cm³/mol. The summed E-state index contributed by atoms with van der Waals surface area (Å²) in [5, 5.41) is 8.78. The van der Waals surface area contributed by atoms with Crippen LogP contribution in [0.2, 0.25) is 0 Å². The lowest BCUT2D eigenvalue weighted by Gasteiger charge is -2.22. The number of hydrogen-bond donors (Lipinski definition) is 2. The average molecular weight is 242 g/mol. The van der Waals surface area contributed by atoms with Crippen molar-refractivity contribution in [3.63, 3.8) is 0 Å². The van der Waals surface area contributed by atoms with Crippen molar-refractivity contribution in [1.29, 1.82) is 5.26 Å². The Morgan fingerprint density at radius 3 is 2.76 bits per heavy atom. The number of alkyl halides is 1. The van der Waals surface area contributed by atoms with Gasteiger partial charge in [0.2, 0.25) is 11.8 Å². The molecule has 0 aromatic carbocycles. The molecule has 2 amide bonds. The van der Waals surface area contributed by atoms with Gasteiger partial charge in [0.1, 0.15) is 12.2 Å². The highest BCUT2D eigenvalue weighted by Crippen LogP contribution is 2.20. The first-order valence-corrected chi connectivity index (χ1v) is 5.33. The second-order valence-corrected chi connectivity index (χ2v) is 4.08. The molecule has 0 spiro atoms. The largest absolute Gasteiger partial charge is 0.370 e. The molecule has 0 radical (unpaired) electrons. The zero-order chi connectivity index (χ0) is 13.0. The van der Waals surface area contributed by atoms with E-state index in [2.05, 4.69) is 0 Å². The van der Waals surface area contributed by atoms with Crippen molar-refractivity contribution in [2.24, 2.45) is 11.5 Å². The highest BCUT2D eigenvalue weighted by molar-refractivity contribution is 5.83. The van der Waals surface area contributed by atoms with Crippen molar-refractivity contribution < 1.29 is 14.0 Å². The minimum absolute atomic E-state index is 0.00296. The smallest absolute Gasteiger partial charge is 0.240 e. The standard InChI is InChI=1S/C10H15FN4O2/c11-6-3-7(4-12)15(5-6)10(17)8(13)1-2-9(14)16/h6-8H,1-3,5,13H2,(H2,14,16)/t6-,7+,8+/m1/s1. The molecule has 3 atom stereocenters. The second-order valence-electron chi connectivity index (χ2n) is 4.08. The van der Waals surface area contributed by atoms with Crippen molar-refractivity contribution in [2.45, 2.75) is 37.5 Å². The first kappa shape index (κ1) is 13.4. The van der Waals surface area contributed by atoms with Crippen LogP contribution in [0.5, 0.6) is 0 Å². The normalized spacial score (nSPS) is 25.4. The number of rotatable bonds is 4. The van der Waals surface area contributed by atoms with E-state index in [1.807, 2.05) is 6.07 Å². The zero-order valence-corrected chi connectivity index (χ0v) is 9.30. The Bertz CT molecular complexity index is 355. The van der Waals surface area contributed by atoms with Crippen molar-refractivity contribution in [1.82, 2.24) is 4.90 Å². The van der Waals surface area contributed by atoms with Crippen LogP contribution in [0.3, 0.4) is 0 Å². The van der Waals surface area contributed by atoms with Crippen LogP contribution in [0.25, 0.3) is 0 Å². The molecule has 1 heterocycles. The molecule has 0 unspecified atom stereocenters. The summed E-state index contributed by atoms with van der Waals surface area (Å²) in [5.41, 5.74) is 10.5. The molecule has 7 heteroatoms. The number of halogens is 1. The molecule has 17 heavy (non-hydrogen) atoms. The average Bonchev–Trinajstić information content (AvgIpc) is 2.66. The fourth-order valence-corrected chi connectivity index (χ4v) is 1.78. The van der Waals surface area contributed by atoms with Gasteiger partial charge in [0, 0.05) is 12.8 Å². The van der Waals surface area contributed by atoms with Crippen molar-refractivity contribution in [3.05, 3.63) is 0 Å². The third-order valence-corrected chi connectivity index (χ3v) is 2.70. The van der Waals surface area contributed by atoms with Crippen LogP contribution in [-0.2, 0) is 9.59 Å². The van der Waals surface area contributed by atoms with Gasteiger partial charge in [-0.3, -0.25) is 9.59 Å². The van der Waals surface area contributed by atoms with Crippen molar-refractivity contribution in [3.8, 4) is 6.07 Å². The van der Waals surface area contributed by atoms with E-state index >= 15 is 0 Å². The van der Waals surface area contributed by atoms with E-state index < -0.39 is 30.1 Å². The summed E-state index contributed by atoms with van der Waals surface area (Å²) in [6.07, 6.45) is -1.06. The number of carbonyl (C=O) groups is 2. The Labute approximate surface area is 98.3 Å². The molecule has 94 valence electrons. The van der Waals surface area contributed by atoms with E-state index in [1.54, 1.807) is 0 Å². The Hall–Kier alpha value is -1.68. The van der Waals surface area contributed by atoms with Crippen molar-refractivity contribution >= 4 is 11.8 Å². The first-order chi connectivity index (χ1) is 7.95. The number of carbonyl (C=O) groups excluding carboxylic acids is 2. The number of amides is 2. The van der Waals surface area contributed by atoms with Crippen molar-refractivity contribution in [2.75, 3.05) is 6.54 Å². The number of nitrogens with two attached hydrogens (primary N) is 2. The van der Waals surface area contributed by atoms with Crippen LogP contribution in [0.1, 0.15) is 19.3 Å². The van der Waals surface area contributed by atoms with E-state index in [4.69, 9.17) is 16.7 Å². The maximum Gasteiger partial charge on any atom is 0.240 e. The molecule has 6 nitrogen and oxygen atoms in total. The number of hydrogen-bond acceptors (Lipinski definition) is 4. The molecule has 1 aliphatic rings. The Morgan fingerprint density at radius 2 is 2.24 bits per heavy atom. The third-order valence-electron chi connectivity index (χ3n) is 2.70. The monoisotopic (exact) mass is 242 g/mol. The summed E-state index contributed by atoms with van der Waals surface area (Å²) in [6.45, 7) is -0.110. The van der Waals surface area contributed by atoms with Gasteiger partial charge in [0.25, 0.3) is 0 Å². The molecular formula is C10H15FN4O2. The highest BCUT2D eigenvalue weighted by Gasteiger charge is 2.37.